The molecule has 1 aliphatic heterocycles. The molecule has 1 aliphatic rings. The van der Waals surface area contributed by atoms with E-state index in [1.807, 2.05) is 98.2 Å². The Kier molecular flexibility index (Phi) is 5.67. The van der Waals surface area contributed by atoms with Gasteiger partial charge in [0.05, 0.1) is 5.69 Å². The van der Waals surface area contributed by atoms with E-state index in [0.717, 1.165) is 22.5 Å². The molecule has 0 spiro atoms. The van der Waals surface area contributed by atoms with E-state index in [1.54, 1.807) is 6.08 Å². The fraction of sp³-hybridized carbons (Fsp3) is 0.160. The van der Waals surface area contributed by atoms with E-state index < -0.39 is 11.8 Å². The summed E-state index contributed by atoms with van der Waals surface area (Å²) in [5.41, 5.74) is 5.54. The molecule has 7 heteroatoms. The van der Waals surface area contributed by atoms with Gasteiger partial charge >= 0.3 is 0 Å². The van der Waals surface area contributed by atoms with E-state index in [9.17, 15) is 9.59 Å². The van der Waals surface area contributed by atoms with Crippen LogP contribution in [-0.2, 0) is 9.59 Å². The van der Waals surface area contributed by atoms with E-state index in [1.165, 1.54) is 4.90 Å². The number of nitrogens with one attached hydrogen (secondary N) is 1. The minimum atomic E-state index is -0.504. The standard InChI is InChI=1S/C25H24N4O2S/c1-16-7-8-21(14-17(16)2)29-24(31)22(23(30)26-25(29)32)15-20-6-5-13-28(20)19-11-9-18(10-12-19)27(3)4/h5-15H,1-4H3,(H,26,30,32)/b22-15-. The van der Waals surface area contributed by atoms with Crippen LogP contribution in [0.3, 0.4) is 0 Å². The molecule has 0 radical (unpaired) electrons. The van der Waals surface area contributed by atoms with E-state index in [0.29, 0.717) is 11.4 Å². The van der Waals surface area contributed by atoms with Gasteiger partial charge in [-0.2, -0.15) is 0 Å². The largest absolute Gasteiger partial charge is 0.378 e. The minimum Gasteiger partial charge on any atom is -0.378 e. The van der Waals surface area contributed by atoms with Gasteiger partial charge < -0.3 is 9.47 Å². The highest BCUT2D eigenvalue weighted by Crippen LogP contribution is 2.25. The van der Waals surface area contributed by atoms with Crippen molar-refractivity contribution in [2.45, 2.75) is 13.8 Å². The molecule has 32 heavy (non-hydrogen) atoms. The van der Waals surface area contributed by atoms with Crippen molar-refractivity contribution in [3.05, 3.63) is 83.2 Å². The number of nitrogens with zero attached hydrogens (tertiary/aromatic N) is 3. The third-order valence-electron chi connectivity index (χ3n) is 5.57. The highest BCUT2D eigenvalue weighted by Gasteiger charge is 2.34. The number of rotatable bonds is 4. The van der Waals surface area contributed by atoms with Crippen molar-refractivity contribution in [3.63, 3.8) is 0 Å². The molecule has 0 aliphatic carbocycles. The first-order valence-electron chi connectivity index (χ1n) is 10.2. The van der Waals surface area contributed by atoms with Crippen LogP contribution in [0.25, 0.3) is 11.8 Å². The molecule has 3 aromatic rings. The van der Waals surface area contributed by atoms with Crippen molar-refractivity contribution in [2.24, 2.45) is 0 Å². The van der Waals surface area contributed by atoms with Crippen molar-refractivity contribution < 1.29 is 9.59 Å². The first kappa shape index (κ1) is 21.5. The van der Waals surface area contributed by atoms with Crippen molar-refractivity contribution in [1.29, 1.82) is 0 Å². The molecule has 0 bridgehead atoms. The molecule has 1 fully saturated rings. The number of amides is 2. The van der Waals surface area contributed by atoms with Gasteiger partial charge in [0.1, 0.15) is 5.57 Å². The summed E-state index contributed by atoms with van der Waals surface area (Å²) >= 11 is 5.31. The maximum absolute atomic E-state index is 13.3. The van der Waals surface area contributed by atoms with Crippen LogP contribution in [0, 0.1) is 13.8 Å². The van der Waals surface area contributed by atoms with Gasteiger partial charge in [0.15, 0.2) is 5.11 Å². The third kappa shape index (κ3) is 3.94. The van der Waals surface area contributed by atoms with Gasteiger partial charge in [0.2, 0.25) is 0 Å². The molecular formula is C25H24N4O2S. The summed E-state index contributed by atoms with van der Waals surface area (Å²) in [6.07, 6.45) is 3.50. The smallest absolute Gasteiger partial charge is 0.270 e. The van der Waals surface area contributed by atoms with Crippen LogP contribution in [0.4, 0.5) is 11.4 Å². The van der Waals surface area contributed by atoms with Crippen molar-refractivity contribution in [2.75, 3.05) is 23.9 Å². The predicted octanol–water partition coefficient (Wildman–Crippen LogP) is 3.99. The van der Waals surface area contributed by atoms with Crippen LogP contribution >= 0.6 is 12.2 Å². The topological polar surface area (TPSA) is 57.6 Å². The lowest BCUT2D eigenvalue weighted by Gasteiger charge is -2.29. The summed E-state index contributed by atoms with van der Waals surface area (Å²) in [7, 11) is 3.97. The van der Waals surface area contributed by atoms with Crippen molar-refractivity contribution in [1.82, 2.24) is 9.88 Å². The van der Waals surface area contributed by atoms with Gasteiger partial charge in [-0.1, -0.05) is 6.07 Å². The zero-order valence-electron chi connectivity index (χ0n) is 18.4. The van der Waals surface area contributed by atoms with Crippen LogP contribution in [0.15, 0.2) is 66.4 Å². The molecule has 0 unspecified atom stereocenters. The lowest BCUT2D eigenvalue weighted by atomic mass is 10.1. The monoisotopic (exact) mass is 444 g/mol. The second-order valence-electron chi connectivity index (χ2n) is 7.94. The lowest BCUT2D eigenvalue weighted by Crippen LogP contribution is -2.54. The Balaban J connectivity index is 1.71. The average Bonchev–Trinajstić information content (AvgIpc) is 3.22. The molecule has 2 heterocycles. The van der Waals surface area contributed by atoms with E-state index >= 15 is 0 Å². The molecular weight excluding hydrogens is 420 g/mol. The highest BCUT2D eigenvalue weighted by molar-refractivity contribution is 7.80. The number of hydrogen-bond acceptors (Lipinski definition) is 4. The van der Waals surface area contributed by atoms with Crippen molar-refractivity contribution in [3.8, 4) is 5.69 Å². The first-order chi connectivity index (χ1) is 15.3. The minimum absolute atomic E-state index is 0.0293. The van der Waals surface area contributed by atoms with Gasteiger partial charge in [0.25, 0.3) is 11.8 Å². The summed E-state index contributed by atoms with van der Waals surface area (Å²) < 4.78 is 1.93. The van der Waals surface area contributed by atoms with Gasteiger partial charge in [0, 0.05) is 37.4 Å². The van der Waals surface area contributed by atoms with E-state index in [4.69, 9.17) is 12.2 Å². The Hall–Kier alpha value is -3.71. The van der Waals surface area contributed by atoms with Crippen LogP contribution in [0.5, 0.6) is 0 Å². The molecule has 1 aromatic heterocycles. The molecule has 1 N–H and O–H groups in total. The zero-order valence-corrected chi connectivity index (χ0v) is 19.2. The SMILES string of the molecule is Cc1ccc(N2C(=O)/C(=C\c3cccn3-c3ccc(N(C)C)cc3)C(=O)NC2=S)cc1C. The predicted molar refractivity (Wildman–Crippen MR) is 132 cm³/mol. The number of aryl methyl sites for hydroxylation is 2. The Labute approximate surface area is 192 Å². The number of aromatic nitrogens is 1. The van der Waals surface area contributed by atoms with E-state index in [-0.39, 0.29) is 10.7 Å². The molecule has 6 nitrogen and oxygen atoms in total. The lowest BCUT2D eigenvalue weighted by molar-refractivity contribution is -0.122. The summed E-state index contributed by atoms with van der Waals surface area (Å²) in [6.45, 7) is 3.97. The second kappa shape index (κ2) is 8.43. The van der Waals surface area contributed by atoms with Gasteiger partial charge in [-0.15, -0.1) is 0 Å². The van der Waals surface area contributed by atoms with Crippen LogP contribution in [0.2, 0.25) is 0 Å². The number of thiocarbonyl (C=S) groups is 1. The summed E-state index contributed by atoms with van der Waals surface area (Å²) in [5.74, 6) is -0.950. The highest BCUT2D eigenvalue weighted by atomic mass is 32.1. The Morgan fingerprint density at radius 1 is 0.938 bits per heavy atom. The molecule has 0 saturated carbocycles. The van der Waals surface area contributed by atoms with Crippen molar-refractivity contribution >= 4 is 46.6 Å². The van der Waals surface area contributed by atoms with Crippen LogP contribution in [0.1, 0.15) is 16.8 Å². The van der Waals surface area contributed by atoms with Gasteiger partial charge in [-0.05, 0) is 91.8 Å². The average molecular weight is 445 g/mol. The normalized spacial score (nSPS) is 15.3. The maximum Gasteiger partial charge on any atom is 0.270 e. The molecule has 2 amide bonds. The third-order valence-corrected chi connectivity index (χ3v) is 5.85. The molecule has 2 aromatic carbocycles. The zero-order chi connectivity index (χ0) is 23.0. The quantitative estimate of drug-likeness (QED) is 0.376. The number of benzene rings is 2. The van der Waals surface area contributed by atoms with Gasteiger partial charge in [-0.25, -0.2) is 0 Å². The summed E-state index contributed by atoms with van der Waals surface area (Å²) in [6, 6.07) is 17.4. The molecule has 1 saturated heterocycles. The van der Waals surface area contributed by atoms with Crippen LogP contribution in [-0.4, -0.2) is 35.6 Å². The Morgan fingerprint density at radius 3 is 2.28 bits per heavy atom. The number of carbonyl (C=O) groups is 2. The molecule has 162 valence electrons. The summed E-state index contributed by atoms with van der Waals surface area (Å²) in [5, 5.41) is 2.73. The number of anilines is 2. The fourth-order valence-corrected chi connectivity index (χ4v) is 3.84. The Morgan fingerprint density at radius 2 is 1.62 bits per heavy atom. The van der Waals surface area contributed by atoms with Gasteiger partial charge in [-0.3, -0.25) is 19.8 Å². The fourth-order valence-electron chi connectivity index (χ4n) is 3.56. The number of hydrogen-bond donors (Lipinski definition) is 1. The van der Waals surface area contributed by atoms with E-state index in [2.05, 4.69) is 5.32 Å². The first-order valence-corrected chi connectivity index (χ1v) is 10.6. The second-order valence-corrected chi connectivity index (χ2v) is 8.33. The Bertz CT molecular complexity index is 1260. The van der Waals surface area contributed by atoms with Crippen LogP contribution < -0.4 is 15.1 Å². The number of carbonyl (C=O) groups excluding carboxylic acids is 2. The summed E-state index contributed by atoms with van der Waals surface area (Å²) in [4.78, 5) is 29.4. The molecule has 4 rings (SSSR count). The molecule has 0 atom stereocenters. The maximum atomic E-state index is 13.3.